The molecule has 2 atom stereocenters. The summed E-state index contributed by atoms with van der Waals surface area (Å²) in [6.45, 7) is 9.17. The lowest BCUT2D eigenvalue weighted by Gasteiger charge is -2.34. The van der Waals surface area contributed by atoms with Gasteiger partial charge in [0.2, 0.25) is 0 Å². The van der Waals surface area contributed by atoms with Crippen LogP contribution in [0.25, 0.3) is 11.3 Å². The van der Waals surface area contributed by atoms with Crippen LogP contribution in [0.4, 0.5) is 10.2 Å². The second-order valence-electron chi connectivity index (χ2n) is 10.1. The first kappa shape index (κ1) is 24.6. The number of benzene rings is 1. The quantitative estimate of drug-likeness (QED) is 0.669. The van der Waals surface area contributed by atoms with Gasteiger partial charge >= 0.3 is 10.2 Å². The second kappa shape index (κ2) is 8.90. The number of hydrogen-bond donors (Lipinski definition) is 2. The molecule has 0 unspecified atom stereocenters. The van der Waals surface area contributed by atoms with Gasteiger partial charge in [0.15, 0.2) is 0 Å². The summed E-state index contributed by atoms with van der Waals surface area (Å²) < 4.78 is 43.6. The number of anilines is 1. The number of nitrogens with zero attached hydrogens (tertiary/aromatic N) is 3. The highest BCUT2D eigenvalue weighted by Crippen LogP contribution is 2.38. The first-order valence-corrected chi connectivity index (χ1v) is 12.9. The van der Waals surface area contributed by atoms with Gasteiger partial charge in [-0.05, 0) is 63.8 Å². The Bertz CT molecular complexity index is 1220. The standard InChI is InChI=1S/C24H32FN5O3S/c1-15-5-7-20(25)19(11-15)21-8-6-18(22(27-21)30-13-16(2)12-24(30,3)4)23(31)28-34(32,33)29-10-9-17(26)14-29/h5-8,11,16-17H,9-10,12-14,26H2,1-4H3,(H,28,31)/t16-,17+/m0/s1. The largest absolute Gasteiger partial charge is 0.351 e. The third-order valence-electron chi connectivity index (χ3n) is 6.60. The molecule has 2 aliphatic heterocycles. The van der Waals surface area contributed by atoms with Gasteiger partial charge in [0.25, 0.3) is 5.91 Å². The highest BCUT2D eigenvalue weighted by Gasteiger charge is 2.40. The zero-order valence-corrected chi connectivity index (χ0v) is 20.8. The molecule has 3 heterocycles. The Morgan fingerprint density at radius 2 is 1.97 bits per heavy atom. The Hall–Kier alpha value is -2.56. The van der Waals surface area contributed by atoms with Crippen molar-refractivity contribution in [3.63, 3.8) is 0 Å². The van der Waals surface area contributed by atoms with E-state index in [1.807, 2.05) is 11.8 Å². The lowest BCUT2D eigenvalue weighted by Crippen LogP contribution is -2.44. The van der Waals surface area contributed by atoms with Crippen molar-refractivity contribution in [2.45, 2.75) is 52.1 Å². The summed E-state index contributed by atoms with van der Waals surface area (Å²) in [7, 11) is -4.05. The third kappa shape index (κ3) is 4.80. The van der Waals surface area contributed by atoms with Crippen LogP contribution in [0, 0.1) is 18.7 Å². The molecule has 0 bridgehead atoms. The number of aryl methyl sites for hydroxylation is 1. The predicted octanol–water partition coefficient (Wildman–Crippen LogP) is 2.83. The van der Waals surface area contributed by atoms with E-state index in [-0.39, 0.29) is 30.2 Å². The van der Waals surface area contributed by atoms with Crippen LogP contribution in [0.5, 0.6) is 0 Å². The number of hydrogen-bond acceptors (Lipinski definition) is 6. The van der Waals surface area contributed by atoms with Crippen molar-refractivity contribution in [2.24, 2.45) is 11.7 Å². The number of nitrogens with two attached hydrogens (primary N) is 1. The van der Waals surface area contributed by atoms with E-state index in [9.17, 15) is 17.6 Å². The van der Waals surface area contributed by atoms with Crippen LogP contribution in [0.1, 0.15) is 49.5 Å². The van der Waals surface area contributed by atoms with Crippen molar-refractivity contribution in [2.75, 3.05) is 24.5 Å². The molecule has 34 heavy (non-hydrogen) atoms. The molecule has 0 radical (unpaired) electrons. The van der Waals surface area contributed by atoms with Gasteiger partial charge in [-0.25, -0.2) is 14.1 Å². The van der Waals surface area contributed by atoms with Crippen LogP contribution in [0.3, 0.4) is 0 Å². The maximum Gasteiger partial charge on any atom is 0.304 e. The van der Waals surface area contributed by atoms with Crippen LogP contribution in [-0.2, 0) is 10.2 Å². The van der Waals surface area contributed by atoms with E-state index in [2.05, 4.69) is 25.5 Å². The van der Waals surface area contributed by atoms with E-state index >= 15 is 0 Å². The molecule has 2 fully saturated rings. The van der Waals surface area contributed by atoms with E-state index in [1.165, 1.54) is 16.4 Å². The summed E-state index contributed by atoms with van der Waals surface area (Å²) in [6, 6.07) is 7.61. The van der Waals surface area contributed by atoms with E-state index in [1.54, 1.807) is 18.2 Å². The number of rotatable bonds is 5. The molecule has 10 heteroatoms. The van der Waals surface area contributed by atoms with Crippen molar-refractivity contribution in [1.82, 2.24) is 14.0 Å². The number of amides is 1. The topological polar surface area (TPSA) is 109 Å². The second-order valence-corrected chi connectivity index (χ2v) is 11.8. The van der Waals surface area contributed by atoms with E-state index in [4.69, 9.17) is 10.7 Å². The molecule has 4 rings (SSSR count). The van der Waals surface area contributed by atoms with Crippen molar-refractivity contribution in [1.29, 1.82) is 0 Å². The minimum atomic E-state index is -4.05. The summed E-state index contributed by atoms with van der Waals surface area (Å²) in [5.41, 5.74) is 7.26. The summed E-state index contributed by atoms with van der Waals surface area (Å²) >= 11 is 0. The fourth-order valence-electron chi connectivity index (χ4n) is 4.99. The van der Waals surface area contributed by atoms with Gasteiger partial charge in [0.1, 0.15) is 11.6 Å². The van der Waals surface area contributed by atoms with Crippen LogP contribution in [0.15, 0.2) is 30.3 Å². The van der Waals surface area contributed by atoms with Crippen molar-refractivity contribution < 1.29 is 17.6 Å². The molecular weight excluding hydrogens is 457 g/mol. The van der Waals surface area contributed by atoms with Crippen LogP contribution >= 0.6 is 0 Å². The minimum Gasteiger partial charge on any atom is -0.351 e. The molecule has 1 aromatic heterocycles. The van der Waals surface area contributed by atoms with E-state index in [0.717, 1.165) is 12.0 Å². The van der Waals surface area contributed by atoms with Crippen LogP contribution < -0.4 is 15.4 Å². The number of halogens is 1. The molecule has 1 aromatic carbocycles. The summed E-state index contributed by atoms with van der Waals surface area (Å²) in [5, 5.41) is 0. The smallest absolute Gasteiger partial charge is 0.304 e. The highest BCUT2D eigenvalue weighted by molar-refractivity contribution is 7.87. The van der Waals surface area contributed by atoms with Crippen molar-refractivity contribution in [3.8, 4) is 11.3 Å². The monoisotopic (exact) mass is 489 g/mol. The highest BCUT2D eigenvalue weighted by atomic mass is 32.2. The summed E-state index contributed by atoms with van der Waals surface area (Å²) in [6.07, 6.45) is 1.42. The molecule has 2 aliphatic rings. The number of nitrogens with one attached hydrogen (secondary N) is 1. The van der Waals surface area contributed by atoms with Gasteiger partial charge in [0, 0.05) is 36.8 Å². The maximum absolute atomic E-state index is 14.6. The van der Waals surface area contributed by atoms with Crippen LogP contribution in [0.2, 0.25) is 0 Å². The van der Waals surface area contributed by atoms with Gasteiger partial charge in [-0.2, -0.15) is 12.7 Å². The van der Waals surface area contributed by atoms with Gasteiger partial charge in [-0.15, -0.1) is 0 Å². The number of carbonyl (C=O) groups is 1. The zero-order valence-electron chi connectivity index (χ0n) is 20.0. The Morgan fingerprint density at radius 1 is 1.24 bits per heavy atom. The van der Waals surface area contributed by atoms with Crippen molar-refractivity contribution in [3.05, 3.63) is 47.3 Å². The fraction of sp³-hybridized carbons (Fsp3) is 0.500. The third-order valence-corrected chi connectivity index (χ3v) is 8.05. The normalized spacial score (nSPS) is 22.8. The Kier molecular flexibility index (Phi) is 6.43. The number of aromatic nitrogens is 1. The van der Waals surface area contributed by atoms with E-state index < -0.39 is 21.9 Å². The summed E-state index contributed by atoms with van der Waals surface area (Å²) in [5.74, 6) is -0.488. The summed E-state index contributed by atoms with van der Waals surface area (Å²) in [4.78, 5) is 20.0. The average molecular weight is 490 g/mol. The Balaban J connectivity index is 1.76. The molecular formula is C24H32FN5O3S. The zero-order chi connectivity index (χ0) is 24.8. The van der Waals surface area contributed by atoms with Gasteiger partial charge in [-0.3, -0.25) is 4.79 Å². The molecule has 8 nitrogen and oxygen atoms in total. The fourth-order valence-corrected chi connectivity index (χ4v) is 6.19. The average Bonchev–Trinajstić information content (AvgIpc) is 3.31. The minimum absolute atomic E-state index is 0.131. The molecule has 0 spiro atoms. The molecule has 184 valence electrons. The molecule has 2 aromatic rings. The number of carbonyl (C=O) groups excluding carboxylic acids is 1. The molecule has 3 N–H and O–H groups in total. The lowest BCUT2D eigenvalue weighted by atomic mass is 9.97. The molecule has 0 aliphatic carbocycles. The Morgan fingerprint density at radius 3 is 2.59 bits per heavy atom. The van der Waals surface area contributed by atoms with Crippen LogP contribution in [-0.4, -0.2) is 54.8 Å². The Labute approximate surface area is 200 Å². The van der Waals surface area contributed by atoms with E-state index in [0.29, 0.717) is 36.0 Å². The number of pyridine rings is 1. The molecule has 0 saturated carbocycles. The lowest BCUT2D eigenvalue weighted by molar-refractivity contribution is 0.0979. The first-order valence-electron chi connectivity index (χ1n) is 11.5. The van der Waals surface area contributed by atoms with Gasteiger partial charge in [-0.1, -0.05) is 18.6 Å². The predicted molar refractivity (Wildman–Crippen MR) is 130 cm³/mol. The van der Waals surface area contributed by atoms with Gasteiger partial charge in [0.05, 0.1) is 11.3 Å². The molecule has 1 amide bonds. The maximum atomic E-state index is 14.6. The first-order chi connectivity index (χ1) is 15.9. The van der Waals surface area contributed by atoms with Crippen molar-refractivity contribution >= 4 is 21.9 Å². The SMILES string of the molecule is Cc1ccc(F)c(-c2ccc(C(=O)NS(=O)(=O)N3CC[C@@H](N)C3)c(N3C[C@@H](C)CC3(C)C)n2)c1. The van der Waals surface area contributed by atoms with Gasteiger partial charge < -0.3 is 10.6 Å². The molecule has 2 saturated heterocycles.